The molecule has 0 radical (unpaired) electrons. The van der Waals surface area contributed by atoms with E-state index in [2.05, 4.69) is 18.3 Å². The fourth-order valence-corrected chi connectivity index (χ4v) is 4.27. The second-order valence-electron chi connectivity index (χ2n) is 5.95. The number of hydrogen-bond donors (Lipinski definition) is 1. The third-order valence-electron chi connectivity index (χ3n) is 4.11. The number of carbonyl (C=O) groups is 1. The van der Waals surface area contributed by atoms with Crippen molar-refractivity contribution in [3.8, 4) is 5.75 Å². The molecular weight excluding hydrogens is 389 g/mol. The molecule has 2 aromatic carbocycles. The molecule has 0 spiro atoms. The number of carbonyl (C=O) groups excluding carboxylic acids is 1. The molecule has 6 heteroatoms. The largest absolute Gasteiger partial charge is 0.496 e. The number of ether oxygens (including phenoxy) is 1. The number of hydrogen-bond acceptors (Lipinski definition) is 3. The van der Waals surface area contributed by atoms with Crippen molar-refractivity contribution in [2.24, 2.45) is 0 Å². The van der Waals surface area contributed by atoms with Gasteiger partial charge in [-0.25, -0.2) is 0 Å². The Morgan fingerprint density at radius 1 is 1.23 bits per heavy atom. The molecule has 0 saturated heterocycles. The molecule has 1 amide bonds. The molecule has 0 saturated carbocycles. The summed E-state index contributed by atoms with van der Waals surface area (Å²) in [5, 5.41) is 4.36. The zero-order chi connectivity index (χ0) is 19.1. The van der Waals surface area contributed by atoms with Crippen molar-refractivity contribution in [1.29, 1.82) is 0 Å². The van der Waals surface area contributed by atoms with Gasteiger partial charge in [-0.15, -0.1) is 11.8 Å². The molecule has 0 heterocycles. The summed E-state index contributed by atoms with van der Waals surface area (Å²) in [6, 6.07) is 11.4. The van der Waals surface area contributed by atoms with E-state index >= 15 is 0 Å². The lowest BCUT2D eigenvalue weighted by Crippen LogP contribution is -2.29. The molecule has 26 heavy (non-hydrogen) atoms. The predicted molar refractivity (Wildman–Crippen MR) is 112 cm³/mol. The van der Waals surface area contributed by atoms with Crippen molar-refractivity contribution < 1.29 is 9.53 Å². The first kappa shape index (κ1) is 20.9. The van der Waals surface area contributed by atoms with Crippen LogP contribution in [0, 0.1) is 6.92 Å². The highest BCUT2D eigenvalue weighted by Crippen LogP contribution is 2.28. The van der Waals surface area contributed by atoms with Gasteiger partial charge in [-0.3, -0.25) is 4.79 Å². The monoisotopic (exact) mass is 411 g/mol. The summed E-state index contributed by atoms with van der Waals surface area (Å²) in [6.07, 6.45) is 0.818. The Morgan fingerprint density at radius 2 is 1.92 bits per heavy atom. The first-order valence-electron chi connectivity index (χ1n) is 8.40. The molecule has 0 bridgehead atoms. The third-order valence-corrected chi connectivity index (χ3v) is 5.77. The first-order valence-corrected chi connectivity index (χ1v) is 10.3. The molecule has 0 fully saturated rings. The van der Waals surface area contributed by atoms with E-state index < -0.39 is 0 Å². The number of thioether (sulfide) groups is 1. The standard InChI is InChI=1S/C20H23Cl2NO2S/c1-4-18(14-8-9-19(25-3)13(2)10-14)23-20(24)12-26-11-15-16(21)6-5-7-17(15)22/h5-10,18H,4,11-12H2,1-3H3,(H,23,24)/t18-/m0/s1. The van der Waals surface area contributed by atoms with Crippen LogP contribution in [0.15, 0.2) is 36.4 Å². The highest BCUT2D eigenvalue weighted by Gasteiger charge is 2.14. The van der Waals surface area contributed by atoms with Crippen LogP contribution in [-0.4, -0.2) is 18.8 Å². The summed E-state index contributed by atoms with van der Waals surface area (Å²) in [5.74, 6) is 1.80. The second kappa shape index (κ2) is 10.1. The van der Waals surface area contributed by atoms with E-state index in [9.17, 15) is 4.79 Å². The van der Waals surface area contributed by atoms with Gasteiger partial charge < -0.3 is 10.1 Å². The van der Waals surface area contributed by atoms with E-state index in [1.165, 1.54) is 11.8 Å². The lowest BCUT2D eigenvalue weighted by Gasteiger charge is -2.19. The van der Waals surface area contributed by atoms with Crippen LogP contribution < -0.4 is 10.1 Å². The number of amides is 1. The van der Waals surface area contributed by atoms with Gasteiger partial charge in [-0.2, -0.15) is 0 Å². The van der Waals surface area contributed by atoms with Crippen LogP contribution in [-0.2, 0) is 10.5 Å². The van der Waals surface area contributed by atoms with Crippen LogP contribution >= 0.6 is 35.0 Å². The van der Waals surface area contributed by atoms with Gasteiger partial charge in [-0.05, 0) is 48.2 Å². The van der Waals surface area contributed by atoms with Crippen LogP contribution in [0.2, 0.25) is 10.0 Å². The van der Waals surface area contributed by atoms with Gasteiger partial charge >= 0.3 is 0 Å². The van der Waals surface area contributed by atoms with Crippen molar-refractivity contribution in [2.75, 3.05) is 12.9 Å². The molecule has 140 valence electrons. The summed E-state index contributed by atoms with van der Waals surface area (Å²) in [4.78, 5) is 12.3. The van der Waals surface area contributed by atoms with Crippen molar-refractivity contribution >= 4 is 40.9 Å². The molecule has 3 nitrogen and oxygen atoms in total. The Bertz CT molecular complexity index is 747. The molecule has 1 N–H and O–H groups in total. The van der Waals surface area contributed by atoms with Crippen LogP contribution in [0.3, 0.4) is 0 Å². The summed E-state index contributed by atoms with van der Waals surface area (Å²) in [7, 11) is 1.66. The van der Waals surface area contributed by atoms with Crippen LogP contribution in [0.4, 0.5) is 0 Å². The predicted octanol–water partition coefficient (Wildman–Crippen LogP) is 5.81. The third kappa shape index (κ3) is 5.57. The van der Waals surface area contributed by atoms with E-state index in [4.69, 9.17) is 27.9 Å². The highest BCUT2D eigenvalue weighted by molar-refractivity contribution is 7.99. The van der Waals surface area contributed by atoms with E-state index in [1.54, 1.807) is 7.11 Å². The first-order chi connectivity index (χ1) is 12.5. The molecule has 0 aliphatic carbocycles. The SMILES string of the molecule is CC[C@H](NC(=O)CSCc1c(Cl)cccc1Cl)c1ccc(OC)c(C)c1. The fraction of sp³-hybridized carbons (Fsp3) is 0.350. The molecule has 1 atom stereocenters. The Hall–Kier alpha value is -1.36. The lowest BCUT2D eigenvalue weighted by atomic mass is 10.0. The maximum atomic E-state index is 12.3. The van der Waals surface area contributed by atoms with E-state index in [0.29, 0.717) is 21.6 Å². The normalized spacial score (nSPS) is 11.9. The number of methoxy groups -OCH3 is 1. The Kier molecular flexibility index (Phi) is 8.14. The quantitative estimate of drug-likeness (QED) is 0.595. The van der Waals surface area contributed by atoms with E-state index in [-0.39, 0.29) is 11.9 Å². The summed E-state index contributed by atoms with van der Waals surface area (Å²) >= 11 is 13.8. The molecule has 2 rings (SSSR count). The van der Waals surface area contributed by atoms with Gasteiger partial charge in [-0.1, -0.05) is 48.3 Å². The molecule has 0 aliphatic heterocycles. The Morgan fingerprint density at radius 3 is 2.50 bits per heavy atom. The van der Waals surface area contributed by atoms with Gasteiger partial charge in [0.25, 0.3) is 0 Å². The average Bonchev–Trinajstić information content (AvgIpc) is 2.62. The van der Waals surface area contributed by atoms with Crippen LogP contribution in [0.25, 0.3) is 0 Å². The number of rotatable bonds is 8. The second-order valence-corrected chi connectivity index (χ2v) is 7.75. The van der Waals surface area contributed by atoms with Gasteiger partial charge in [0.2, 0.25) is 5.91 Å². The zero-order valence-corrected chi connectivity index (χ0v) is 17.5. The van der Waals surface area contributed by atoms with E-state index in [1.807, 2.05) is 37.3 Å². The lowest BCUT2D eigenvalue weighted by molar-refractivity contribution is -0.119. The minimum Gasteiger partial charge on any atom is -0.496 e. The van der Waals surface area contributed by atoms with Gasteiger partial charge in [0.05, 0.1) is 18.9 Å². The minimum atomic E-state index is -0.0170. The number of benzene rings is 2. The van der Waals surface area contributed by atoms with Crippen molar-refractivity contribution in [3.05, 3.63) is 63.1 Å². The summed E-state index contributed by atoms with van der Waals surface area (Å²) in [6.45, 7) is 4.06. The molecule has 0 aromatic heterocycles. The summed E-state index contributed by atoms with van der Waals surface area (Å²) in [5.41, 5.74) is 3.00. The minimum absolute atomic E-state index is 0.00139. The van der Waals surface area contributed by atoms with Crippen molar-refractivity contribution in [1.82, 2.24) is 5.32 Å². The number of aryl methyl sites for hydroxylation is 1. The smallest absolute Gasteiger partial charge is 0.230 e. The van der Waals surface area contributed by atoms with Gasteiger partial charge in [0.15, 0.2) is 0 Å². The van der Waals surface area contributed by atoms with Gasteiger partial charge in [0.1, 0.15) is 5.75 Å². The van der Waals surface area contributed by atoms with Gasteiger partial charge in [0, 0.05) is 15.8 Å². The van der Waals surface area contributed by atoms with Crippen molar-refractivity contribution in [2.45, 2.75) is 32.1 Å². The van der Waals surface area contributed by atoms with E-state index in [0.717, 1.165) is 28.9 Å². The maximum Gasteiger partial charge on any atom is 0.230 e. The molecule has 0 aliphatic rings. The topological polar surface area (TPSA) is 38.3 Å². The fourth-order valence-electron chi connectivity index (χ4n) is 2.69. The number of nitrogens with one attached hydrogen (secondary N) is 1. The highest BCUT2D eigenvalue weighted by atomic mass is 35.5. The van der Waals surface area contributed by atoms with Crippen molar-refractivity contribution in [3.63, 3.8) is 0 Å². The Balaban J connectivity index is 1.92. The maximum absolute atomic E-state index is 12.3. The molecule has 0 unspecified atom stereocenters. The summed E-state index contributed by atoms with van der Waals surface area (Å²) < 4.78 is 5.30. The molecule has 2 aromatic rings. The zero-order valence-electron chi connectivity index (χ0n) is 15.1. The Labute approximate surface area is 169 Å². The van der Waals surface area contributed by atoms with Crippen LogP contribution in [0.1, 0.15) is 36.1 Å². The molecular formula is C20H23Cl2NO2S. The van der Waals surface area contributed by atoms with Crippen LogP contribution in [0.5, 0.6) is 5.75 Å². The number of halogens is 2. The average molecular weight is 412 g/mol.